The Morgan fingerprint density at radius 1 is 0.680 bits per heavy atom. The largest absolute Gasteiger partial charge is 0.366 e. The summed E-state index contributed by atoms with van der Waals surface area (Å²) in [4.78, 5) is 0. The van der Waals surface area contributed by atoms with Gasteiger partial charge in [-0.3, -0.25) is 0 Å². The fourth-order valence-electron chi connectivity index (χ4n) is 2.44. The van der Waals surface area contributed by atoms with Gasteiger partial charge in [-0.1, -0.05) is 97.1 Å². The van der Waals surface area contributed by atoms with E-state index in [0.717, 1.165) is 12.8 Å². The van der Waals surface area contributed by atoms with Crippen LogP contribution in [-0.4, -0.2) is 12.2 Å². The Hall–Kier alpha value is -2.64. The number of hydrogen-bond donors (Lipinski definition) is 0. The smallest absolute Gasteiger partial charge is 0.0795 e. The standard InChI is InChI=1S/C24H26O/c1-3-23(19-11-17-21-13-7-5-8-14-21)25-24(4-2)20-12-18-22-15-9-6-10-16-22/h3-18,23-24H,1-2,19-20H2/b17-11+,18-12+. The van der Waals surface area contributed by atoms with E-state index in [2.05, 4.69) is 61.7 Å². The highest BCUT2D eigenvalue weighted by Crippen LogP contribution is 2.12. The zero-order valence-corrected chi connectivity index (χ0v) is 14.6. The third kappa shape index (κ3) is 7.19. The Balaban J connectivity index is 1.83. The van der Waals surface area contributed by atoms with Gasteiger partial charge >= 0.3 is 0 Å². The summed E-state index contributed by atoms with van der Waals surface area (Å²) in [7, 11) is 0. The van der Waals surface area contributed by atoms with Crippen molar-refractivity contribution >= 4 is 12.2 Å². The van der Waals surface area contributed by atoms with Crippen LogP contribution in [0.5, 0.6) is 0 Å². The molecule has 2 unspecified atom stereocenters. The molecule has 0 heterocycles. The van der Waals surface area contributed by atoms with Crippen LogP contribution in [0.25, 0.3) is 12.2 Å². The van der Waals surface area contributed by atoms with Crippen LogP contribution < -0.4 is 0 Å². The molecule has 0 aliphatic rings. The monoisotopic (exact) mass is 330 g/mol. The predicted octanol–water partition coefficient (Wildman–Crippen LogP) is 6.32. The lowest BCUT2D eigenvalue weighted by Gasteiger charge is -2.18. The van der Waals surface area contributed by atoms with Gasteiger partial charge in [-0.2, -0.15) is 0 Å². The molecule has 1 heteroatoms. The second-order valence-corrected chi connectivity index (χ2v) is 5.78. The van der Waals surface area contributed by atoms with Gasteiger partial charge in [0, 0.05) is 0 Å². The van der Waals surface area contributed by atoms with Crippen LogP contribution in [0, 0.1) is 0 Å². The van der Waals surface area contributed by atoms with Gasteiger partial charge in [0.1, 0.15) is 0 Å². The highest BCUT2D eigenvalue weighted by Gasteiger charge is 2.09. The molecule has 2 atom stereocenters. The van der Waals surface area contributed by atoms with Crippen LogP contribution >= 0.6 is 0 Å². The lowest BCUT2D eigenvalue weighted by atomic mass is 10.1. The van der Waals surface area contributed by atoms with Gasteiger partial charge < -0.3 is 4.74 Å². The third-order valence-electron chi connectivity index (χ3n) is 3.83. The molecule has 0 fully saturated rings. The minimum absolute atomic E-state index is 0.0203. The van der Waals surface area contributed by atoms with E-state index in [1.807, 2.05) is 48.6 Å². The van der Waals surface area contributed by atoms with Crippen molar-refractivity contribution < 1.29 is 4.74 Å². The summed E-state index contributed by atoms with van der Waals surface area (Å²) in [6.45, 7) is 7.78. The maximum absolute atomic E-state index is 6.09. The second kappa shape index (κ2) is 11.0. The Labute approximate surface area is 151 Å². The molecule has 0 bridgehead atoms. The topological polar surface area (TPSA) is 9.23 Å². The van der Waals surface area contributed by atoms with Crippen LogP contribution in [-0.2, 0) is 4.74 Å². The van der Waals surface area contributed by atoms with Crippen molar-refractivity contribution in [3.05, 3.63) is 109 Å². The second-order valence-electron chi connectivity index (χ2n) is 5.78. The van der Waals surface area contributed by atoms with E-state index in [9.17, 15) is 0 Å². The van der Waals surface area contributed by atoms with Crippen molar-refractivity contribution in [3.63, 3.8) is 0 Å². The average molecular weight is 330 g/mol. The minimum atomic E-state index is -0.0203. The number of rotatable bonds is 10. The summed E-state index contributed by atoms with van der Waals surface area (Å²) < 4.78 is 6.09. The van der Waals surface area contributed by atoms with Crippen molar-refractivity contribution in [3.8, 4) is 0 Å². The van der Waals surface area contributed by atoms with E-state index >= 15 is 0 Å². The Morgan fingerprint density at radius 2 is 1.08 bits per heavy atom. The van der Waals surface area contributed by atoms with E-state index in [4.69, 9.17) is 4.74 Å². The first kappa shape index (κ1) is 18.7. The molecular weight excluding hydrogens is 304 g/mol. The lowest BCUT2D eigenvalue weighted by Crippen LogP contribution is -2.17. The fourth-order valence-corrected chi connectivity index (χ4v) is 2.44. The summed E-state index contributed by atoms with van der Waals surface area (Å²) in [6.07, 6.45) is 13.7. The molecule has 0 saturated heterocycles. The van der Waals surface area contributed by atoms with Gasteiger partial charge in [0.2, 0.25) is 0 Å². The van der Waals surface area contributed by atoms with Crippen LogP contribution in [0.15, 0.2) is 98.1 Å². The summed E-state index contributed by atoms with van der Waals surface area (Å²) in [5, 5.41) is 0. The maximum atomic E-state index is 6.09. The molecule has 0 aromatic heterocycles. The SMILES string of the molecule is C=CC(C/C=C/c1ccccc1)OC(C=C)C/C=C/c1ccccc1. The number of hydrogen-bond acceptors (Lipinski definition) is 1. The van der Waals surface area contributed by atoms with Crippen molar-refractivity contribution in [2.45, 2.75) is 25.0 Å². The molecule has 0 aliphatic carbocycles. The normalized spacial score (nSPS) is 13.8. The first-order chi connectivity index (χ1) is 12.3. The average Bonchev–Trinajstić information content (AvgIpc) is 2.67. The van der Waals surface area contributed by atoms with E-state index in [0.29, 0.717) is 0 Å². The van der Waals surface area contributed by atoms with Crippen molar-refractivity contribution in [1.29, 1.82) is 0 Å². The van der Waals surface area contributed by atoms with Crippen molar-refractivity contribution in [2.75, 3.05) is 0 Å². The Morgan fingerprint density at radius 3 is 1.44 bits per heavy atom. The lowest BCUT2D eigenvalue weighted by molar-refractivity contribution is 0.0456. The predicted molar refractivity (Wildman–Crippen MR) is 109 cm³/mol. The molecule has 0 radical (unpaired) electrons. The molecule has 0 spiro atoms. The van der Waals surface area contributed by atoms with Gasteiger partial charge in [0.25, 0.3) is 0 Å². The van der Waals surface area contributed by atoms with E-state index in [-0.39, 0.29) is 12.2 Å². The molecule has 2 aromatic carbocycles. The first-order valence-corrected chi connectivity index (χ1v) is 8.65. The quantitative estimate of drug-likeness (QED) is 0.463. The summed E-state index contributed by atoms with van der Waals surface area (Å²) >= 11 is 0. The molecule has 1 nitrogen and oxygen atoms in total. The fraction of sp³-hybridized carbons (Fsp3) is 0.167. The zero-order chi connectivity index (χ0) is 17.7. The van der Waals surface area contributed by atoms with E-state index < -0.39 is 0 Å². The van der Waals surface area contributed by atoms with Crippen LogP contribution in [0.1, 0.15) is 24.0 Å². The zero-order valence-electron chi connectivity index (χ0n) is 14.6. The van der Waals surface area contributed by atoms with Gasteiger partial charge in [0.15, 0.2) is 0 Å². The summed E-state index contributed by atoms with van der Waals surface area (Å²) in [6, 6.07) is 20.5. The molecular formula is C24H26O. The first-order valence-electron chi connectivity index (χ1n) is 8.65. The van der Waals surface area contributed by atoms with Gasteiger partial charge in [-0.05, 0) is 24.0 Å². The number of benzene rings is 2. The van der Waals surface area contributed by atoms with Crippen molar-refractivity contribution in [1.82, 2.24) is 0 Å². The third-order valence-corrected chi connectivity index (χ3v) is 3.83. The Kier molecular flexibility index (Phi) is 8.23. The van der Waals surface area contributed by atoms with E-state index in [1.165, 1.54) is 11.1 Å². The minimum Gasteiger partial charge on any atom is -0.366 e. The molecule has 0 N–H and O–H groups in total. The highest BCUT2D eigenvalue weighted by molar-refractivity contribution is 5.49. The maximum Gasteiger partial charge on any atom is 0.0795 e. The highest BCUT2D eigenvalue weighted by atomic mass is 16.5. The van der Waals surface area contributed by atoms with Crippen LogP contribution in [0.4, 0.5) is 0 Å². The van der Waals surface area contributed by atoms with Crippen LogP contribution in [0.2, 0.25) is 0 Å². The van der Waals surface area contributed by atoms with Gasteiger partial charge in [-0.15, -0.1) is 13.2 Å². The van der Waals surface area contributed by atoms with E-state index in [1.54, 1.807) is 0 Å². The molecule has 2 rings (SSSR count). The molecule has 2 aromatic rings. The molecule has 0 amide bonds. The van der Waals surface area contributed by atoms with Gasteiger partial charge in [0.05, 0.1) is 12.2 Å². The Bertz CT molecular complexity index is 621. The summed E-state index contributed by atoms with van der Waals surface area (Å²) in [5.74, 6) is 0. The molecule has 25 heavy (non-hydrogen) atoms. The summed E-state index contributed by atoms with van der Waals surface area (Å²) in [5.41, 5.74) is 2.38. The molecule has 0 aliphatic heterocycles. The number of ether oxygens (including phenoxy) is 1. The molecule has 128 valence electrons. The van der Waals surface area contributed by atoms with Crippen LogP contribution in [0.3, 0.4) is 0 Å². The molecule has 0 saturated carbocycles. The van der Waals surface area contributed by atoms with Crippen molar-refractivity contribution in [2.24, 2.45) is 0 Å². The van der Waals surface area contributed by atoms with Gasteiger partial charge in [-0.25, -0.2) is 0 Å².